The van der Waals surface area contributed by atoms with E-state index >= 15 is 0 Å². The molecule has 1 heterocycles. The number of para-hydroxylation sites is 1. The second-order valence-corrected chi connectivity index (χ2v) is 5.57. The summed E-state index contributed by atoms with van der Waals surface area (Å²) < 4.78 is 11.4. The zero-order chi connectivity index (χ0) is 15.2. The molecule has 21 heavy (non-hydrogen) atoms. The van der Waals surface area contributed by atoms with Crippen LogP contribution < -0.4 is 10.1 Å². The monoisotopic (exact) mass is 287 g/mol. The maximum atomic E-state index is 5.91. The number of furan rings is 1. The Morgan fingerprint density at radius 1 is 1.10 bits per heavy atom. The van der Waals surface area contributed by atoms with E-state index in [-0.39, 0.29) is 18.2 Å². The van der Waals surface area contributed by atoms with Crippen LogP contribution in [0.1, 0.15) is 57.5 Å². The average molecular weight is 287 g/mol. The molecule has 0 aliphatic rings. The SMILES string of the molecule is CCC(NC(C)c1ccccc1OC(C)C)c1ccco1. The van der Waals surface area contributed by atoms with Gasteiger partial charge in [0.15, 0.2) is 0 Å². The highest BCUT2D eigenvalue weighted by Gasteiger charge is 2.18. The topological polar surface area (TPSA) is 34.4 Å². The Balaban J connectivity index is 2.14. The Morgan fingerprint density at radius 3 is 2.48 bits per heavy atom. The lowest BCUT2D eigenvalue weighted by Crippen LogP contribution is -2.24. The van der Waals surface area contributed by atoms with Gasteiger partial charge in [-0.05, 0) is 45.4 Å². The molecule has 2 aromatic rings. The summed E-state index contributed by atoms with van der Waals surface area (Å²) in [6.45, 7) is 8.41. The van der Waals surface area contributed by atoms with Crippen molar-refractivity contribution >= 4 is 0 Å². The standard InChI is InChI=1S/C18H25NO2/c1-5-16(18-11-8-12-20-18)19-14(4)15-9-6-7-10-17(15)21-13(2)3/h6-14,16,19H,5H2,1-4H3. The molecule has 2 unspecified atom stereocenters. The van der Waals surface area contributed by atoms with E-state index in [0.29, 0.717) is 0 Å². The number of hydrogen-bond acceptors (Lipinski definition) is 3. The number of ether oxygens (including phenoxy) is 1. The van der Waals surface area contributed by atoms with Crippen molar-refractivity contribution in [3.05, 3.63) is 54.0 Å². The van der Waals surface area contributed by atoms with Crippen LogP contribution in [-0.4, -0.2) is 6.10 Å². The van der Waals surface area contributed by atoms with Crippen LogP contribution in [0.3, 0.4) is 0 Å². The smallest absolute Gasteiger partial charge is 0.124 e. The normalized spacial score (nSPS) is 14.1. The predicted octanol–water partition coefficient (Wildman–Crippen LogP) is 4.87. The highest BCUT2D eigenvalue weighted by atomic mass is 16.5. The fraction of sp³-hybridized carbons (Fsp3) is 0.444. The molecular formula is C18H25NO2. The lowest BCUT2D eigenvalue weighted by atomic mass is 10.0. The Labute approximate surface area is 127 Å². The Hall–Kier alpha value is -1.74. The summed E-state index contributed by atoms with van der Waals surface area (Å²) in [6.07, 6.45) is 2.87. The van der Waals surface area contributed by atoms with Crippen molar-refractivity contribution in [2.75, 3.05) is 0 Å². The third-order valence-electron chi connectivity index (χ3n) is 3.49. The fourth-order valence-electron chi connectivity index (χ4n) is 2.48. The van der Waals surface area contributed by atoms with Gasteiger partial charge in [0.05, 0.1) is 18.4 Å². The van der Waals surface area contributed by atoms with Gasteiger partial charge in [0.2, 0.25) is 0 Å². The van der Waals surface area contributed by atoms with Crippen molar-refractivity contribution in [3.63, 3.8) is 0 Å². The van der Waals surface area contributed by atoms with Gasteiger partial charge in [0.1, 0.15) is 11.5 Å². The summed E-state index contributed by atoms with van der Waals surface area (Å²) in [6, 6.07) is 12.6. The summed E-state index contributed by atoms with van der Waals surface area (Å²) in [4.78, 5) is 0. The molecule has 0 bridgehead atoms. The molecular weight excluding hydrogens is 262 g/mol. The third-order valence-corrected chi connectivity index (χ3v) is 3.49. The van der Waals surface area contributed by atoms with Gasteiger partial charge in [-0.15, -0.1) is 0 Å². The predicted molar refractivity (Wildman–Crippen MR) is 85.5 cm³/mol. The maximum Gasteiger partial charge on any atom is 0.124 e. The number of rotatable bonds is 7. The first-order valence-corrected chi connectivity index (χ1v) is 7.66. The van der Waals surface area contributed by atoms with E-state index in [4.69, 9.17) is 9.15 Å². The molecule has 1 aromatic carbocycles. The van der Waals surface area contributed by atoms with Crippen molar-refractivity contribution in [1.82, 2.24) is 5.32 Å². The van der Waals surface area contributed by atoms with E-state index in [1.54, 1.807) is 6.26 Å². The van der Waals surface area contributed by atoms with Crippen LogP contribution in [0.5, 0.6) is 5.75 Å². The molecule has 0 aliphatic carbocycles. The molecule has 1 N–H and O–H groups in total. The van der Waals surface area contributed by atoms with Gasteiger partial charge in [-0.3, -0.25) is 0 Å². The number of nitrogens with one attached hydrogen (secondary N) is 1. The van der Waals surface area contributed by atoms with Crippen molar-refractivity contribution in [1.29, 1.82) is 0 Å². The van der Waals surface area contributed by atoms with Gasteiger partial charge in [-0.1, -0.05) is 25.1 Å². The molecule has 0 radical (unpaired) electrons. The first-order chi connectivity index (χ1) is 10.1. The first kappa shape index (κ1) is 15.6. The van der Waals surface area contributed by atoms with E-state index in [9.17, 15) is 0 Å². The van der Waals surface area contributed by atoms with Crippen LogP contribution in [0.25, 0.3) is 0 Å². The second kappa shape index (κ2) is 7.32. The summed E-state index contributed by atoms with van der Waals surface area (Å²) in [5.74, 6) is 1.92. The summed E-state index contributed by atoms with van der Waals surface area (Å²) in [7, 11) is 0. The molecule has 0 saturated heterocycles. The van der Waals surface area contributed by atoms with Crippen LogP contribution in [-0.2, 0) is 0 Å². The number of benzene rings is 1. The lowest BCUT2D eigenvalue weighted by Gasteiger charge is -2.23. The van der Waals surface area contributed by atoms with Gasteiger partial charge in [0, 0.05) is 11.6 Å². The molecule has 1 aromatic heterocycles. The largest absolute Gasteiger partial charge is 0.491 e. The van der Waals surface area contributed by atoms with Gasteiger partial charge in [0.25, 0.3) is 0 Å². The fourth-order valence-corrected chi connectivity index (χ4v) is 2.48. The zero-order valence-corrected chi connectivity index (χ0v) is 13.3. The van der Waals surface area contributed by atoms with E-state index < -0.39 is 0 Å². The van der Waals surface area contributed by atoms with Gasteiger partial charge < -0.3 is 14.5 Å². The molecule has 3 heteroatoms. The Bertz CT molecular complexity index is 534. The summed E-state index contributed by atoms with van der Waals surface area (Å²) in [5, 5.41) is 3.63. The van der Waals surface area contributed by atoms with Crippen molar-refractivity contribution in [2.45, 2.75) is 52.3 Å². The molecule has 0 aliphatic heterocycles. The van der Waals surface area contributed by atoms with E-state index in [1.807, 2.05) is 38.1 Å². The minimum absolute atomic E-state index is 0.172. The Kier molecular flexibility index (Phi) is 5.45. The van der Waals surface area contributed by atoms with Crippen molar-refractivity contribution in [3.8, 4) is 5.75 Å². The molecule has 0 spiro atoms. The molecule has 2 atom stereocenters. The first-order valence-electron chi connectivity index (χ1n) is 7.66. The minimum atomic E-state index is 0.172. The molecule has 114 valence electrons. The molecule has 3 nitrogen and oxygen atoms in total. The van der Waals surface area contributed by atoms with Crippen LogP contribution in [0.4, 0.5) is 0 Å². The number of hydrogen-bond donors (Lipinski definition) is 1. The van der Waals surface area contributed by atoms with Gasteiger partial charge in [-0.25, -0.2) is 0 Å². The van der Waals surface area contributed by atoms with E-state index in [1.165, 1.54) is 5.56 Å². The van der Waals surface area contributed by atoms with Crippen LogP contribution in [0.2, 0.25) is 0 Å². The Morgan fingerprint density at radius 2 is 1.86 bits per heavy atom. The average Bonchev–Trinajstić information content (AvgIpc) is 2.98. The van der Waals surface area contributed by atoms with E-state index in [0.717, 1.165) is 17.9 Å². The maximum absolute atomic E-state index is 5.91. The molecule has 0 saturated carbocycles. The summed E-state index contributed by atoms with van der Waals surface area (Å²) in [5.41, 5.74) is 1.18. The van der Waals surface area contributed by atoms with Crippen LogP contribution >= 0.6 is 0 Å². The quantitative estimate of drug-likeness (QED) is 0.789. The molecule has 2 rings (SSSR count). The van der Waals surface area contributed by atoms with Crippen molar-refractivity contribution < 1.29 is 9.15 Å². The van der Waals surface area contributed by atoms with E-state index in [2.05, 4.69) is 31.3 Å². The zero-order valence-electron chi connectivity index (χ0n) is 13.3. The van der Waals surface area contributed by atoms with Crippen LogP contribution in [0, 0.1) is 0 Å². The highest BCUT2D eigenvalue weighted by molar-refractivity contribution is 5.36. The lowest BCUT2D eigenvalue weighted by molar-refractivity contribution is 0.237. The molecule has 0 fully saturated rings. The highest BCUT2D eigenvalue weighted by Crippen LogP contribution is 2.29. The second-order valence-electron chi connectivity index (χ2n) is 5.57. The molecule has 0 amide bonds. The third kappa shape index (κ3) is 4.11. The van der Waals surface area contributed by atoms with Crippen LogP contribution in [0.15, 0.2) is 47.1 Å². The van der Waals surface area contributed by atoms with Gasteiger partial charge in [-0.2, -0.15) is 0 Å². The summed E-state index contributed by atoms with van der Waals surface area (Å²) >= 11 is 0. The van der Waals surface area contributed by atoms with Crippen molar-refractivity contribution in [2.24, 2.45) is 0 Å². The van der Waals surface area contributed by atoms with Gasteiger partial charge >= 0.3 is 0 Å². The minimum Gasteiger partial charge on any atom is -0.491 e.